The van der Waals surface area contributed by atoms with E-state index < -0.39 is 0 Å². The first-order chi connectivity index (χ1) is 15.6. The number of para-hydroxylation sites is 1. The molecule has 0 saturated carbocycles. The zero-order valence-corrected chi connectivity index (χ0v) is 18.5. The van der Waals surface area contributed by atoms with Crippen molar-refractivity contribution in [2.24, 2.45) is 0 Å². The Balaban J connectivity index is 1.21. The second kappa shape index (κ2) is 9.74. The van der Waals surface area contributed by atoms with E-state index in [2.05, 4.69) is 10.3 Å². The van der Waals surface area contributed by atoms with E-state index in [1.54, 1.807) is 31.4 Å². The van der Waals surface area contributed by atoms with Gasteiger partial charge in [0.25, 0.3) is 11.8 Å². The van der Waals surface area contributed by atoms with Gasteiger partial charge in [0.1, 0.15) is 5.75 Å². The summed E-state index contributed by atoms with van der Waals surface area (Å²) in [5, 5.41) is 5.26. The number of fused-ring (bicyclic) bond motifs is 1. The molecule has 8 heteroatoms. The summed E-state index contributed by atoms with van der Waals surface area (Å²) in [7, 11) is 1.61. The molecule has 0 radical (unpaired) electrons. The highest BCUT2D eigenvalue weighted by molar-refractivity contribution is 7.14. The second-order valence-electron chi connectivity index (χ2n) is 7.40. The van der Waals surface area contributed by atoms with Crippen LogP contribution in [0.4, 0.5) is 5.13 Å². The number of carbonyl (C=O) groups is 3. The maximum absolute atomic E-state index is 12.4. The Morgan fingerprint density at radius 2 is 1.62 bits per heavy atom. The number of rotatable bonds is 9. The molecule has 164 valence electrons. The summed E-state index contributed by atoms with van der Waals surface area (Å²) in [4.78, 5) is 42.8. The monoisotopic (exact) mass is 449 g/mol. The zero-order chi connectivity index (χ0) is 22.5. The molecule has 0 unspecified atom stereocenters. The average Bonchev–Trinajstić information content (AvgIpc) is 3.37. The molecule has 1 aliphatic heterocycles. The topological polar surface area (TPSA) is 88.6 Å². The van der Waals surface area contributed by atoms with Crippen molar-refractivity contribution in [3.05, 3.63) is 65.0 Å². The average molecular weight is 450 g/mol. The second-order valence-corrected chi connectivity index (χ2v) is 8.26. The van der Waals surface area contributed by atoms with Gasteiger partial charge in [0.15, 0.2) is 5.13 Å². The minimum Gasteiger partial charge on any atom is -0.496 e. The Labute approximate surface area is 190 Å². The Morgan fingerprint density at radius 3 is 2.31 bits per heavy atom. The molecular weight excluding hydrogens is 426 g/mol. The molecule has 0 aliphatic carbocycles. The van der Waals surface area contributed by atoms with Crippen molar-refractivity contribution in [2.75, 3.05) is 19.0 Å². The molecule has 2 aromatic carbocycles. The fraction of sp³-hybridized carbons (Fsp3) is 0.250. The zero-order valence-electron chi connectivity index (χ0n) is 17.7. The Kier molecular flexibility index (Phi) is 6.61. The number of thiazole rings is 1. The van der Waals surface area contributed by atoms with Gasteiger partial charge in [0.05, 0.1) is 23.9 Å². The van der Waals surface area contributed by atoms with Crippen LogP contribution in [-0.2, 0) is 4.79 Å². The van der Waals surface area contributed by atoms with Gasteiger partial charge < -0.3 is 10.1 Å². The highest BCUT2D eigenvalue weighted by Gasteiger charge is 2.34. The number of anilines is 1. The van der Waals surface area contributed by atoms with Crippen LogP contribution in [0.25, 0.3) is 11.3 Å². The lowest BCUT2D eigenvalue weighted by Gasteiger charge is -2.13. The summed E-state index contributed by atoms with van der Waals surface area (Å²) in [6.07, 6.45) is 2.42. The first kappa shape index (κ1) is 21.7. The van der Waals surface area contributed by atoms with Crippen LogP contribution in [0.15, 0.2) is 53.9 Å². The van der Waals surface area contributed by atoms with E-state index in [0.717, 1.165) is 23.4 Å². The SMILES string of the molecule is COc1ccccc1-c1csc(NC(=O)CCCCCN2C(=O)c3ccccc3C2=O)n1. The van der Waals surface area contributed by atoms with Gasteiger partial charge >= 0.3 is 0 Å². The van der Waals surface area contributed by atoms with E-state index in [1.807, 2.05) is 29.6 Å². The maximum Gasteiger partial charge on any atom is 0.261 e. The number of amides is 3. The number of aromatic nitrogens is 1. The third-order valence-electron chi connectivity index (χ3n) is 5.30. The first-order valence-corrected chi connectivity index (χ1v) is 11.3. The van der Waals surface area contributed by atoms with Crippen molar-refractivity contribution >= 4 is 34.2 Å². The van der Waals surface area contributed by atoms with E-state index >= 15 is 0 Å². The standard InChI is InChI=1S/C24H23N3O4S/c1-31-20-12-7-6-11-18(20)19-15-32-24(25-19)26-21(28)13-3-2-8-14-27-22(29)16-9-4-5-10-17(16)23(27)30/h4-7,9-12,15H,2-3,8,13-14H2,1H3,(H,25,26,28). The predicted octanol–water partition coefficient (Wildman–Crippen LogP) is 4.61. The van der Waals surface area contributed by atoms with Crippen LogP contribution < -0.4 is 10.1 Å². The van der Waals surface area contributed by atoms with E-state index in [9.17, 15) is 14.4 Å². The van der Waals surface area contributed by atoms with Gasteiger partial charge in [-0.1, -0.05) is 30.7 Å². The third-order valence-corrected chi connectivity index (χ3v) is 6.05. The van der Waals surface area contributed by atoms with Crippen LogP contribution in [0.3, 0.4) is 0 Å². The van der Waals surface area contributed by atoms with Gasteiger partial charge in [-0.2, -0.15) is 0 Å². The van der Waals surface area contributed by atoms with Crippen LogP contribution in [0, 0.1) is 0 Å². The molecule has 1 aromatic heterocycles. The van der Waals surface area contributed by atoms with Crippen molar-refractivity contribution in [2.45, 2.75) is 25.7 Å². The molecule has 0 saturated heterocycles. The Hall–Kier alpha value is -3.52. The molecule has 3 aromatic rings. The molecule has 3 amide bonds. The Morgan fingerprint density at radius 1 is 0.969 bits per heavy atom. The van der Waals surface area contributed by atoms with Crippen molar-refractivity contribution < 1.29 is 19.1 Å². The van der Waals surface area contributed by atoms with Gasteiger partial charge in [-0.25, -0.2) is 4.98 Å². The third kappa shape index (κ3) is 4.55. The largest absolute Gasteiger partial charge is 0.496 e. The van der Waals surface area contributed by atoms with Crippen molar-refractivity contribution in [3.63, 3.8) is 0 Å². The fourth-order valence-electron chi connectivity index (χ4n) is 3.67. The van der Waals surface area contributed by atoms with Crippen LogP contribution in [-0.4, -0.2) is 41.3 Å². The number of imide groups is 1. The summed E-state index contributed by atoms with van der Waals surface area (Å²) >= 11 is 1.37. The van der Waals surface area contributed by atoms with Gasteiger partial charge in [-0.3, -0.25) is 19.3 Å². The number of hydrogen-bond donors (Lipinski definition) is 1. The van der Waals surface area contributed by atoms with Gasteiger partial charge in [-0.05, 0) is 37.1 Å². The van der Waals surface area contributed by atoms with Crippen molar-refractivity contribution in [1.82, 2.24) is 9.88 Å². The lowest BCUT2D eigenvalue weighted by molar-refractivity contribution is -0.116. The molecule has 1 aliphatic rings. The van der Waals surface area contributed by atoms with E-state index in [-0.39, 0.29) is 17.7 Å². The Bertz CT molecular complexity index is 1120. The number of hydrogen-bond acceptors (Lipinski definition) is 6. The summed E-state index contributed by atoms with van der Waals surface area (Å²) in [5.41, 5.74) is 2.56. The minimum absolute atomic E-state index is 0.105. The molecule has 0 bridgehead atoms. The van der Waals surface area contributed by atoms with Crippen molar-refractivity contribution in [1.29, 1.82) is 0 Å². The maximum atomic E-state index is 12.4. The number of methoxy groups -OCH3 is 1. The van der Waals surface area contributed by atoms with Crippen LogP contribution in [0.1, 0.15) is 46.4 Å². The predicted molar refractivity (Wildman–Crippen MR) is 123 cm³/mol. The molecule has 4 rings (SSSR count). The number of ether oxygens (including phenoxy) is 1. The number of nitrogens with zero attached hydrogens (tertiary/aromatic N) is 2. The molecule has 1 N–H and O–H groups in total. The molecule has 7 nitrogen and oxygen atoms in total. The summed E-state index contributed by atoms with van der Waals surface area (Å²) in [6.45, 7) is 0.364. The number of carbonyl (C=O) groups excluding carboxylic acids is 3. The fourth-order valence-corrected chi connectivity index (χ4v) is 4.39. The lowest BCUT2D eigenvalue weighted by atomic mass is 10.1. The van der Waals surface area contributed by atoms with Gasteiger partial charge in [-0.15, -0.1) is 11.3 Å². The summed E-state index contributed by atoms with van der Waals surface area (Å²) in [6, 6.07) is 14.5. The minimum atomic E-state index is -0.238. The molecule has 0 atom stereocenters. The first-order valence-electron chi connectivity index (χ1n) is 10.4. The molecular formula is C24H23N3O4S. The molecule has 0 fully saturated rings. The van der Waals surface area contributed by atoms with E-state index in [1.165, 1.54) is 16.2 Å². The van der Waals surface area contributed by atoms with Crippen LogP contribution in [0.5, 0.6) is 5.75 Å². The molecule has 0 spiro atoms. The molecule has 32 heavy (non-hydrogen) atoms. The number of nitrogens with one attached hydrogen (secondary N) is 1. The van der Waals surface area contributed by atoms with E-state index in [4.69, 9.17) is 4.74 Å². The van der Waals surface area contributed by atoms with Crippen molar-refractivity contribution in [3.8, 4) is 17.0 Å². The number of benzene rings is 2. The smallest absolute Gasteiger partial charge is 0.261 e. The highest BCUT2D eigenvalue weighted by Crippen LogP contribution is 2.32. The highest BCUT2D eigenvalue weighted by atomic mass is 32.1. The van der Waals surface area contributed by atoms with Crippen LogP contribution in [0.2, 0.25) is 0 Å². The lowest BCUT2D eigenvalue weighted by Crippen LogP contribution is -2.30. The van der Waals surface area contributed by atoms with E-state index in [0.29, 0.717) is 42.1 Å². The summed E-state index contributed by atoms with van der Waals surface area (Å²) < 4.78 is 5.37. The summed E-state index contributed by atoms with van der Waals surface area (Å²) in [5.74, 6) is 0.149. The normalized spacial score (nSPS) is 12.7. The molecule has 2 heterocycles. The van der Waals surface area contributed by atoms with Crippen LogP contribution >= 0.6 is 11.3 Å². The number of unbranched alkanes of at least 4 members (excludes halogenated alkanes) is 2. The van der Waals surface area contributed by atoms with Gasteiger partial charge in [0, 0.05) is 23.9 Å². The van der Waals surface area contributed by atoms with Gasteiger partial charge in [0.2, 0.25) is 5.91 Å². The quantitative estimate of drug-likeness (QED) is 0.381.